The van der Waals surface area contributed by atoms with E-state index in [1.54, 1.807) is 7.11 Å². The van der Waals surface area contributed by atoms with E-state index in [-0.39, 0.29) is 24.0 Å². The van der Waals surface area contributed by atoms with Crippen LogP contribution >= 0.6 is 24.0 Å². The highest BCUT2D eigenvalue weighted by atomic mass is 127. The average Bonchev–Trinajstić information content (AvgIpc) is 3.47. The van der Waals surface area contributed by atoms with Crippen molar-refractivity contribution in [3.05, 3.63) is 23.8 Å². The van der Waals surface area contributed by atoms with E-state index in [2.05, 4.69) is 21.3 Å². The highest BCUT2D eigenvalue weighted by molar-refractivity contribution is 14.0. The van der Waals surface area contributed by atoms with Gasteiger partial charge >= 0.3 is 0 Å². The molecule has 0 bridgehead atoms. The van der Waals surface area contributed by atoms with Crippen molar-refractivity contribution in [2.45, 2.75) is 51.2 Å². The molecule has 1 aromatic rings. The zero-order valence-electron chi connectivity index (χ0n) is 17.6. The molecule has 3 aliphatic rings. The van der Waals surface area contributed by atoms with Gasteiger partial charge in [-0.25, -0.2) is 0 Å². The summed E-state index contributed by atoms with van der Waals surface area (Å²) in [7, 11) is 3.57. The van der Waals surface area contributed by atoms with Crippen LogP contribution in [0.1, 0.15) is 44.1 Å². The van der Waals surface area contributed by atoms with E-state index in [0.29, 0.717) is 18.1 Å². The molecule has 1 spiro atoms. The highest BCUT2D eigenvalue weighted by Gasteiger charge is 2.42. The molecular weight excluding hydrogens is 481 g/mol. The number of para-hydroxylation sites is 1. The third kappa shape index (κ3) is 5.10. The Kier molecular flexibility index (Phi) is 7.90. The Labute approximate surface area is 191 Å². The van der Waals surface area contributed by atoms with Crippen molar-refractivity contribution < 1.29 is 14.2 Å². The second kappa shape index (κ2) is 10.2. The molecule has 0 radical (unpaired) electrons. The number of benzene rings is 1. The molecule has 29 heavy (non-hydrogen) atoms. The molecular formula is C22H34IN3O3. The van der Waals surface area contributed by atoms with Crippen LogP contribution in [-0.2, 0) is 11.3 Å². The molecule has 0 amide bonds. The predicted octanol–water partition coefficient (Wildman–Crippen LogP) is 3.82. The lowest BCUT2D eigenvalue weighted by Gasteiger charge is -2.25. The van der Waals surface area contributed by atoms with E-state index >= 15 is 0 Å². The minimum absolute atomic E-state index is 0. The van der Waals surface area contributed by atoms with Crippen molar-refractivity contribution in [1.82, 2.24) is 10.2 Å². The maximum atomic E-state index is 6.36. The molecule has 6 nitrogen and oxygen atoms in total. The van der Waals surface area contributed by atoms with Crippen LogP contribution in [0, 0.1) is 5.41 Å². The molecule has 0 aromatic heterocycles. The van der Waals surface area contributed by atoms with Crippen molar-refractivity contribution in [3.8, 4) is 11.5 Å². The molecule has 1 atom stereocenters. The zero-order chi connectivity index (χ0) is 19.4. The summed E-state index contributed by atoms with van der Waals surface area (Å²) in [5, 5.41) is 3.55. The van der Waals surface area contributed by atoms with Gasteiger partial charge in [-0.05, 0) is 44.6 Å². The van der Waals surface area contributed by atoms with Crippen LogP contribution in [0.25, 0.3) is 0 Å². The number of hydrogen-bond acceptors (Lipinski definition) is 4. The molecule has 1 aliphatic carbocycles. The normalized spacial score (nSPS) is 24.8. The SMILES string of the molecule is CN=C(NCc1cccc(OC)c1OC1CCCC1)N1CCC2(CCOC2)C1.I. The maximum Gasteiger partial charge on any atom is 0.193 e. The molecule has 2 heterocycles. The second-order valence-corrected chi connectivity index (χ2v) is 8.35. The number of hydrogen-bond donors (Lipinski definition) is 1. The predicted molar refractivity (Wildman–Crippen MR) is 126 cm³/mol. The van der Waals surface area contributed by atoms with Crippen LogP contribution in [0.2, 0.25) is 0 Å². The summed E-state index contributed by atoms with van der Waals surface area (Å²) >= 11 is 0. The fourth-order valence-electron chi connectivity index (χ4n) is 4.76. The summed E-state index contributed by atoms with van der Waals surface area (Å²) in [6.07, 6.45) is 7.41. The Hall–Kier alpha value is -1.22. The van der Waals surface area contributed by atoms with Gasteiger partial charge in [0.15, 0.2) is 17.5 Å². The van der Waals surface area contributed by atoms with E-state index in [4.69, 9.17) is 14.2 Å². The number of aliphatic imine (C=N–C) groups is 1. The molecule has 4 rings (SSSR count). The van der Waals surface area contributed by atoms with Crippen molar-refractivity contribution in [2.75, 3.05) is 40.5 Å². The number of guanidine groups is 1. The van der Waals surface area contributed by atoms with E-state index in [1.165, 1.54) is 19.3 Å². The lowest BCUT2D eigenvalue weighted by molar-refractivity contribution is 0.156. The molecule has 2 saturated heterocycles. The maximum absolute atomic E-state index is 6.36. The molecule has 162 valence electrons. The fraction of sp³-hybridized carbons (Fsp3) is 0.682. The zero-order valence-corrected chi connectivity index (χ0v) is 19.9. The van der Waals surface area contributed by atoms with Crippen LogP contribution < -0.4 is 14.8 Å². The first-order valence-corrected chi connectivity index (χ1v) is 10.6. The Balaban J connectivity index is 0.00000240. The Morgan fingerprint density at radius 3 is 2.83 bits per heavy atom. The quantitative estimate of drug-likeness (QED) is 0.367. The van der Waals surface area contributed by atoms with Gasteiger partial charge in [-0.15, -0.1) is 24.0 Å². The number of rotatable bonds is 5. The first-order chi connectivity index (χ1) is 13.7. The smallest absolute Gasteiger partial charge is 0.193 e. The number of methoxy groups -OCH3 is 1. The van der Waals surface area contributed by atoms with Gasteiger partial charge in [-0.3, -0.25) is 4.99 Å². The van der Waals surface area contributed by atoms with E-state index in [9.17, 15) is 0 Å². The Morgan fingerprint density at radius 2 is 2.14 bits per heavy atom. The summed E-state index contributed by atoms with van der Waals surface area (Å²) in [6.45, 7) is 4.51. The van der Waals surface area contributed by atoms with Crippen LogP contribution in [0.5, 0.6) is 11.5 Å². The van der Waals surface area contributed by atoms with Gasteiger partial charge in [-0.2, -0.15) is 0 Å². The van der Waals surface area contributed by atoms with Gasteiger partial charge in [0.2, 0.25) is 0 Å². The molecule has 2 aliphatic heterocycles. The number of ether oxygens (including phenoxy) is 3. The standard InChI is InChI=1S/C22H33N3O3.HI/c1-23-21(25-12-10-22(15-25)11-13-27-16-22)24-14-17-6-5-9-19(26-2)20(17)28-18-7-3-4-8-18;/h5-6,9,18H,3-4,7-8,10-16H2,1-2H3,(H,23,24);1H. The van der Waals surface area contributed by atoms with Gasteiger partial charge < -0.3 is 24.4 Å². The van der Waals surface area contributed by atoms with Gasteiger partial charge in [0.25, 0.3) is 0 Å². The topological polar surface area (TPSA) is 55.3 Å². The van der Waals surface area contributed by atoms with E-state index in [1.807, 2.05) is 19.2 Å². The van der Waals surface area contributed by atoms with Crippen LogP contribution in [0.4, 0.5) is 0 Å². The third-order valence-electron chi connectivity index (χ3n) is 6.44. The van der Waals surface area contributed by atoms with E-state index < -0.39 is 0 Å². The van der Waals surface area contributed by atoms with Gasteiger partial charge in [0.1, 0.15) is 0 Å². The van der Waals surface area contributed by atoms with Crippen LogP contribution in [-0.4, -0.2) is 57.4 Å². The van der Waals surface area contributed by atoms with Crippen molar-refractivity contribution in [1.29, 1.82) is 0 Å². The number of halogens is 1. The first-order valence-electron chi connectivity index (χ1n) is 10.6. The van der Waals surface area contributed by atoms with Gasteiger partial charge in [0, 0.05) is 44.3 Å². The molecule has 1 aromatic carbocycles. The molecule has 1 N–H and O–H groups in total. The van der Waals surface area contributed by atoms with Crippen LogP contribution in [0.3, 0.4) is 0 Å². The lowest BCUT2D eigenvalue weighted by atomic mass is 9.87. The Morgan fingerprint density at radius 1 is 1.31 bits per heavy atom. The number of likely N-dealkylation sites (tertiary alicyclic amines) is 1. The first kappa shape index (κ1) is 22.5. The largest absolute Gasteiger partial charge is 0.493 e. The van der Waals surface area contributed by atoms with Crippen molar-refractivity contribution in [3.63, 3.8) is 0 Å². The molecule has 1 unspecified atom stereocenters. The monoisotopic (exact) mass is 515 g/mol. The Bertz CT molecular complexity index is 701. The summed E-state index contributed by atoms with van der Waals surface area (Å²) in [6, 6.07) is 6.12. The summed E-state index contributed by atoms with van der Waals surface area (Å²) in [5.41, 5.74) is 1.44. The minimum Gasteiger partial charge on any atom is -0.493 e. The van der Waals surface area contributed by atoms with Crippen molar-refractivity contribution >= 4 is 29.9 Å². The van der Waals surface area contributed by atoms with Crippen LogP contribution in [0.15, 0.2) is 23.2 Å². The second-order valence-electron chi connectivity index (χ2n) is 8.35. The average molecular weight is 515 g/mol. The lowest BCUT2D eigenvalue weighted by Crippen LogP contribution is -2.41. The molecule has 1 saturated carbocycles. The van der Waals surface area contributed by atoms with Crippen molar-refractivity contribution in [2.24, 2.45) is 10.4 Å². The van der Waals surface area contributed by atoms with Gasteiger partial charge in [-0.1, -0.05) is 12.1 Å². The fourth-order valence-corrected chi connectivity index (χ4v) is 4.76. The summed E-state index contributed by atoms with van der Waals surface area (Å²) in [5.74, 6) is 2.64. The number of nitrogens with zero attached hydrogens (tertiary/aromatic N) is 2. The number of nitrogens with one attached hydrogen (secondary N) is 1. The summed E-state index contributed by atoms with van der Waals surface area (Å²) < 4.78 is 17.6. The minimum atomic E-state index is 0. The van der Waals surface area contributed by atoms with Gasteiger partial charge in [0.05, 0.1) is 19.8 Å². The molecule has 3 fully saturated rings. The van der Waals surface area contributed by atoms with E-state index in [0.717, 1.165) is 68.6 Å². The molecule has 7 heteroatoms. The third-order valence-corrected chi connectivity index (χ3v) is 6.44. The summed E-state index contributed by atoms with van der Waals surface area (Å²) in [4.78, 5) is 6.90. The highest BCUT2D eigenvalue weighted by Crippen LogP contribution is 2.38.